The first-order valence-corrected chi connectivity index (χ1v) is 11.0. The maximum absolute atomic E-state index is 12.3. The molecule has 0 radical (unpaired) electrons. The molecule has 0 saturated carbocycles. The number of nitrogens with zero attached hydrogens (tertiary/aromatic N) is 2. The quantitative estimate of drug-likeness (QED) is 0.818. The van der Waals surface area contributed by atoms with Gasteiger partial charge in [0.1, 0.15) is 0 Å². The highest BCUT2D eigenvalue weighted by molar-refractivity contribution is 7.91. The van der Waals surface area contributed by atoms with E-state index in [0.29, 0.717) is 11.5 Å². The van der Waals surface area contributed by atoms with Crippen molar-refractivity contribution in [2.45, 2.75) is 52.2 Å². The molecule has 1 aromatic carbocycles. The fourth-order valence-electron chi connectivity index (χ4n) is 4.33. The van der Waals surface area contributed by atoms with Crippen molar-refractivity contribution in [3.63, 3.8) is 0 Å². The minimum atomic E-state index is -2.91. The Kier molecular flexibility index (Phi) is 5.33. The summed E-state index contributed by atoms with van der Waals surface area (Å²) in [7, 11) is -2.91. The van der Waals surface area contributed by atoms with Gasteiger partial charge in [-0.2, -0.15) is 0 Å². The Morgan fingerprint density at radius 3 is 2.21 bits per heavy atom. The number of rotatable bonds is 5. The molecule has 24 heavy (non-hydrogen) atoms. The molecular formula is C19H30N2O2S. The lowest BCUT2D eigenvalue weighted by Gasteiger charge is -2.44. The minimum absolute atomic E-state index is 0.154. The Morgan fingerprint density at radius 2 is 1.58 bits per heavy atom. The van der Waals surface area contributed by atoms with Gasteiger partial charge in [-0.15, -0.1) is 0 Å². The van der Waals surface area contributed by atoms with Gasteiger partial charge in [-0.3, -0.25) is 9.80 Å². The molecule has 0 amide bonds. The predicted molar refractivity (Wildman–Crippen MR) is 99.0 cm³/mol. The number of hydrogen-bond acceptors (Lipinski definition) is 4. The third-order valence-electron chi connectivity index (χ3n) is 5.37. The predicted octanol–water partition coefficient (Wildman–Crippen LogP) is 2.39. The standard InChI is InChI=1S/C19H30N2O2S/c1-4-5-6-20-7-8-21(19-14-24(22,23)13-18(19)20)12-17-10-15(2)9-16(3)11-17/h9-11,18-19H,4-8,12-14H2,1-3H3/t18-,19+/m0/s1. The van der Waals surface area contributed by atoms with Crippen molar-refractivity contribution in [1.82, 2.24) is 9.80 Å². The number of aryl methyl sites for hydroxylation is 2. The van der Waals surface area contributed by atoms with E-state index in [2.05, 4.69) is 48.8 Å². The molecule has 134 valence electrons. The fraction of sp³-hybridized carbons (Fsp3) is 0.684. The third kappa shape index (κ3) is 4.01. The van der Waals surface area contributed by atoms with Crippen molar-refractivity contribution in [1.29, 1.82) is 0 Å². The Balaban J connectivity index is 1.77. The van der Waals surface area contributed by atoms with Gasteiger partial charge in [-0.05, 0) is 32.4 Å². The zero-order valence-electron chi connectivity index (χ0n) is 15.2. The molecule has 4 nitrogen and oxygen atoms in total. The van der Waals surface area contributed by atoms with Gasteiger partial charge in [0.25, 0.3) is 0 Å². The lowest BCUT2D eigenvalue weighted by atomic mass is 10.0. The molecule has 5 heteroatoms. The molecule has 2 heterocycles. The van der Waals surface area contributed by atoms with Crippen LogP contribution in [-0.4, -0.2) is 61.4 Å². The number of hydrogen-bond donors (Lipinski definition) is 0. The topological polar surface area (TPSA) is 40.6 Å². The average molecular weight is 351 g/mol. The molecule has 0 N–H and O–H groups in total. The van der Waals surface area contributed by atoms with E-state index in [9.17, 15) is 8.42 Å². The van der Waals surface area contributed by atoms with Crippen LogP contribution in [0, 0.1) is 13.8 Å². The maximum atomic E-state index is 12.3. The molecule has 0 spiro atoms. The third-order valence-corrected chi connectivity index (χ3v) is 7.07. The van der Waals surface area contributed by atoms with E-state index in [1.165, 1.54) is 16.7 Å². The summed E-state index contributed by atoms with van der Waals surface area (Å²) < 4.78 is 24.5. The summed E-state index contributed by atoms with van der Waals surface area (Å²) in [5, 5.41) is 0. The first kappa shape index (κ1) is 17.9. The number of benzene rings is 1. The molecule has 2 saturated heterocycles. The average Bonchev–Trinajstić information content (AvgIpc) is 2.81. The maximum Gasteiger partial charge on any atom is 0.153 e. The van der Waals surface area contributed by atoms with Crippen molar-refractivity contribution < 1.29 is 8.42 Å². The van der Waals surface area contributed by atoms with Gasteiger partial charge in [0, 0.05) is 31.7 Å². The van der Waals surface area contributed by atoms with Gasteiger partial charge < -0.3 is 0 Å². The normalized spacial score (nSPS) is 27.3. The van der Waals surface area contributed by atoms with Gasteiger partial charge in [-0.25, -0.2) is 8.42 Å². The van der Waals surface area contributed by atoms with E-state index in [1.54, 1.807) is 0 Å². The largest absolute Gasteiger partial charge is 0.297 e. The smallest absolute Gasteiger partial charge is 0.153 e. The van der Waals surface area contributed by atoms with Crippen LogP contribution < -0.4 is 0 Å². The molecule has 1 aromatic rings. The Hall–Kier alpha value is -0.910. The molecule has 0 unspecified atom stereocenters. The Bertz CT molecular complexity index is 666. The summed E-state index contributed by atoms with van der Waals surface area (Å²) in [6.07, 6.45) is 2.31. The van der Waals surface area contributed by atoms with Crippen LogP contribution >= 0.6 is 0 Å². The van der Waals surface area contributed by atoms with Crippen molar-refractivity contribution in [3.05, 3.63) is 34.9 Å². The lowest BCUT2D eigenvalue weighted by Crippen LogP contribution is -2.58. The van der Waals surface area contributed by atoms with Crippen LogP contribution in [0.15, 0.2) is 18.2 Å². The van der Waals surface area contributed by atoms with Crippen molar-refractivity contribution >= 4 is 9.84 Å². The first-order valence-electron chi connectivity index (χ1n) is 9.13. The van der Waals surface area contributed by atoms with Crippen molar-refractivity contribution in [2.24, 2.45) is 0 Å². The highest BCUT2D eigenvalue weighted by Crippen LogP contribution is 2.28. The SMILES string of the molecule is CCCCN1CCN(Cc2cc(C)cc(C)c2)[C@@H]2CS(=O)(=O)C[C@@H]21. The zero-order valence-corrected chi connectivity index (χ0v) is 16.0. The number of sulfone groups is 1. The van der Waals surface area contributed by atoms with Crippen LogP contribution in [0.1, 0.15) is 36.5 Å². The summed E-state index contributed by atoms with van der Waals surface area (Å²) in [6.45, 7) is 10.3. The molecule has 3 rings (SSSR count). The van der Waals surface area contributed by atoms with E-state index in [-0.39, 0.29) is 12.1 Å². The van der Waals surface area contributed by atoms with Crippen LogP contribution in [0.2, 0.25) is 0 Å². The van der Waals surface area contributed by atoms with Crippen LogP contribution in [0.4, 0.5) is 0 Å². The first-order chi connectivity index (χ1) is 11.4. The van der Waals surface area contributed by atoms with Gasteiger partial charge in [0.05, 0.1) is 11.5 Å². The van der Waals surface area contributed by atoms with Crippen LogP contribution in [0.25, 0.3) is 0 Å². The van der Waals surface area contributed by atoms with E-state index in [0.717, 1.165) is 39.0 Å². The summed E-state index contributed by atoms with van der Waals surface area (Å²) in [5.74, 6) is 0.663. The molecule has 0 aromatic heterocycles. The van der Waals surface area contributed by atoms with Crippen molar-refractivity contribution in [3.8, 4) is 0 Å². The summed E-state index contributed by atoms with van der Waals surface area (Å²) in [6, 6.07) is 6.99. The molecule has 0 bridgehead atoms. The van der Waals surface area contributed by atoms with Crippen LogP contribution in [0.3, 0.4) is 0 Å². The Labute approximate surface area is 146 Å². The highest BCUT2D eigenvalue weighted by Gasteiger charge is 2.46. The number of fused-ring (bicyclic) bond motifs is 1. The molecule has 2 aliphatic rings. The highest BCUT2D eigenvalue weighted by atomic mass is 32.2. The van der Waals surface area contributed by atoms with E-state index < -0.39 is 9.84 Å². The minimum Gasteiger partial charge on any atom is -0.297 e. The summed E-state index contributed by atoms with van der Waals surface area (Å²) in [5.41, 5.74) is 3.86. The molecule has 0 aliphatic carbocycles. The molecule has 2 aliphatic heterocycles. The molecule has 2 fully saturated rings. The van der Waals surface area contributed by atoms with Crippen molar-refractivity contribution in [2.75, 3.05) is 31.1 Å². The van der Waals surface area contributed by atoms with Gasteiger partial charge in [0.2, 0.25) is 0 Å². The Morgan fingerprint density at radius 1 is 1.00 bits per heavy atom. The van der Waals surface area contributed by atoms with Crippen LogP contribution in [-0.2, 0) is 16.4 Å². The van der Waals surface area contributed by atoms with E-state index in [4.69, 9.17) is 0 Å². The van der Waals surface area contributed by atoms with Gasteiger partial charge in [-0.1, -0.05) is 42.7 Å². The number of piperazine rings is 1. The van der Waals surface area contributed by atoms with E-state index in [1.807, 2.05) is 0 Å². The zero-order chi connectivity index (χ0) is 17.3. The monoisotopic (exact) mass is 350 g/mol. The summed E-state index contributed by atoms with van der Waals surface area (Å²) in [4.78, 5) is 4.84. The van der Waals surface area contributed by atoms with Crippen LogP contribution in [0.5, 0.6) is 0 Å². The number of unbranched alkanes of at least 4 members (excludes halogenated alkanes) is 1. The second-order valence-electron chi connectivity index (χ2n) is 7.57. The summed E-state index contributed by atoms with van der Waals surface area (Å²) >= 11 is 0. The second kappa shape index (κ2) is 7.14. The second-order valence-corrected chi connectivity index (χ2v) is 9.72. The van der Waals surface area contributed by atoms with Gasteiger partial charge >= 0.3 is 0 Å². The van der Waals surface area contributed by atoms with E-state index >= 15 is 0 Å². The fourth-order valence-corrected chi connectivity index (χ4v) is 6.37. The molecular weight excluding hydrogens is 320 g/mol. The lowest BCUT2D eigenvalue weighted by molar-refractivity contribution is 0.0397. The van der Waals surface area contributed by atoms with Gasteiger partial charge in [0.15, 0.2) is 9.84 Å². The molecule has 2 atom stereocenters.